The summed E-state index contributed by atoms with van der Waals surface area (Å²) in [4.78, 5) is 0. The van der Waals surface area contributed by atoms with Gasteiger partial charge < -0.3 is 13.3 Å². The van der Waals surface area contributed by atoms with Crippen molar-refractivity contribution in [3.8, 4) is 0 Å². The molecule has 0 heterocycles. The van der Waals surface area contributed by atoms with Gasteiger partial charge in [-0.2, -0.15) is 13.2 Å². The molecule has 0 amide bonds. The molecule has 168 valence electrons. The SMILES string of the molecule is CC(C)O[Si](CCCCCCc1ccc(C(F)(F)F)cc1)(OC(C)C)OC(C)C. The number of hydrogen-bond donors (Lipinski definition) is 0. The van der Waals surface area contributed by atoms with Crippen LogP contribution in [0.25, 0.3) is 0 Å². The smallest absolute Gasteiger partial charge is 0.371 e. The minimum Gasteiger partial charge on any atom is -0.371 e. The van der Waals surface area contributed by atoms with E-state index < -0.39 is 20.5 Å². The highest BCUT2D eigenvalue weighted by molar-refractivity contribution is 6.60. The molecule has 0 aliphatic carbocycles. The second-order valence-electron chi connectivity index (χ2n) is 8.29. The molecule has 29 heavy (non-hydrogen) atoms. The van der Waals surface area contributed by atoms with Gasteiger partial charge in [-0.3, -0.25) is 0 Å². The topological polar surface area (TPSA) is 27.7 Å². The van der Waals surface area contributed by atoms with Crippen molar-refractivity contribution < 1.29 is 26.4 Å². The lowest BCUT2D eigenvalue weighted by molar-refractivity contribution is -0.137. The third kappa shape index (κ3) is 10.6. The summed E-state index contributed by atoms with van der Waals surface area (Å²) in [5.74, 6) is 0. The van der Waals surface area contributed by atoms with Crippen molar-refractivity contribution in [2.24, 2.45) is 0 Å². The Bertz CT molecular complexity index is 545. The molecule has 0 atom stereocenters. The van der Waals surface area contributed by atoms with E-state index in [9.17, 15) is 13.2 Å². The van der Waals surface area contributed by atoms with Gasteiger partial charge in [0.2, 0.25) is 0 Å². The maximum atomic E-state index is 12.6. The molecule has 1 rings (SSSR count). The number of aryl methyl sites for hydroxylation is 1. The fourth-order valence-electron chi connectivity index (χ4n) is 3.22. The van der Waals surface area contributed by atoms with Crippen LogP contribution >= 0.6 is 0 Å². The summed E-state index contributed by atoms with van der Waals surface area (Å²) >= 11 is 0. The van der Waals surface area contributed by atoms with Crippen LogP contribution < -0.4 is 0 Å². The lowest BCUT2D eigenvalue weighted by atomic mass is 10.0. The molecule has 0 radical (unpaired) electrons. The number of benzene rings is 1. The van der Waals surface area contributed by atoms with Gasteiger partial charge in [-0.1, -0.05) is 25.0 Å². The molecule has 0 spiro atoms. The Morgan fingerprint density at radius 2 is 1.17 bits per heavy atom. The zero-order valence-electron chi connectivity index (χ0n) is 18.6. The molecule has 0 fully saturated rings. The molecule has 0 aliphatic rings. The van der Waals surface area contributed by atoms with Crippen LogP contribution in [0, 0.1) is 0 Å². The van der Waals surface area contributed by atoms with Crippen LogP contribution in [0.2, 0.25) is 6.04 Å². The average Bonchev–Trinajstić information content (AvgIpc) is 2.55. The molecular formula is C22H37F3O3Si. The summed E-state index contributed by atoms with van der Waals surface area (Å²) in [6, 6.07) is 6.24. The van der Waals surface area contributed by atoms with Crippen molar-refractivity contribution in [1.82, 2.24) is 0 Å². The quantitative estimate of drug-likeness (QED) is 0.247. The van der Waals surface area contributed by atoms with Crippen LogP contribution in [-0.4, -0.2) is 27.1 Å². The molecule has 7 heteroatoms. The van der Waals surface area contributed by atoms with Gasteiger partial charge in [0.1, 0.15) is 0 Å². The molecule has 0 aromatic heterocycles. The van der Waals surface area contributed by atoms with Crippen molar-refractivity contribution in [3.63, 3.8) is 0 Å². The second-order valence-corrected chi connectivity index (χ2v) is 10.9. The van der Waals surface area contributed by atoms with E-state index in [1.807, 2.05) is 41.5 Å². The van der Waals surface area contributed by atoms with E-state index in [1.54, 1.807) is 12.1 Å². The van der Waals surface area contributed by atoms with Crippen LogP contribution in [0.5, 0.6) is 0 Å². The minimum atomic E-state index is -4.27. The van der Waals surface area contributed by atoms with E-state index in [0.717, 1.165) is 55.8 Å². The Morgan fingerprint density at radius 3 is 1.59 bits per heavy atom. The van der Waals surface area contributed by atoms with Crippen LogP contribution in [0.1, 0.15) is 78.4 Å². The summed E-state index contributed by atoms with van der Waals surface area (Å²) in [5.41, 5.74) is 0.346. The first-order chi connectivity index (χ1) is 13.4. The number of unbranched alkanes of at least 4 members (excludes halogenated alkanes) is 3. The Balaban J connectivity index is 2.47. The predicted octanol–water partition coefficient (Wildman–Crippen LogP) is 7.02. The summed E-state index contributed by atoms with van der Waals surface area (Å²) in [6.45, 7) is 12.0. The molecule has 0 N–H and O–H groups in total. The standard InChI is InChI=1S/C22H37F3O3Si/c1-17(2)26-29(27-18(3)4,28-19(5)6)16-10-8-7-9-11-20-12-14-21(15-13-20)22(23,24)25/h12-15,17-19H,7-11,16H2,1-6H3. The Labute approximate surface area is 175 Å². The zero-order valence-corrected chi connectivity index (χ0v) is 19.6. The Morgan fingerprint density at radius 1 is 0.724 bits per heavy atom. The molecule has 0 bridgehead atoms. The van der Waals surface area contributed by atoms with Crippen LogP contribution in [0.4, 0.5) is 13.2 Å². The molecule has 1 aromatic carbocycles. The van der Waals surface area contributed by atoms with Gasteiger partial charge in [-0.15, -0.1) is 0 Å². The first-order valence-corrected chi connectivity index (χ1v) is 12.6. The van der Waals surface area contributed by atoms with Gasteiger partial charge in [0.15, 0.2) is 0 Å². The molecule has 1 aromatic rings. The third-order valence-electron chi connectivity index (χ3n) is 4.23. The highest BCUT2D eigenvalue weighted by atomic mass is 28.4. The zero-order chi connectivity index (χ0) is 22.1. The van der Waals surface area contributed by atoms with E-state index in [2.05, 4.69) is 0 Å². The average molecular weight is 435 g/mol. The largest absolute Gasteiger partial charge is 0.501 e. The van der Waals surface area contributed by atoms with E-state index in [-0.39, 0.29) is 18.3 Å². The van der Waals surface area contributed by atoms with E-state index in [4.69, 9.17) is 13.3 Å². The number of rotatable bonds is 13. The van der Waals surface area contributed by atoms with Gasteiger partial charge in [0.05, 0.1) is 5.56 Å². The van der Waals surface area contributed by atoms with Gasteiger partial charge in [-0.05, 0) is 78.5 Å². The second kappa shape index (κ2) is 12.1. The molecule has 0 saturated heterocycles. The van der Waals surface area contributed by atoms with Crippen molar-refractivity contribution in [3.05, 3.63) is 35.4 Å². The molecule has 0 unspecified atom stereocenters. The summed E-state index contributed by atoms with van der Waals surface area (Å²) in [5, 5.41) is 0. The lowest BCUT2D eigenvalue weighted by Gasteiger charge is -2.34. The van der Waals surface area contributed by atoms with Gasteiger partial charge in [-0.25, -0.2) is 0 Å². The molecular weight excluding hydrogens is 397 g/mol. The van der Waals surface area contributed by atoms with E-state index in [0.29, 0.717) is 0 Å². The number of alkyl halides is 3. The molecule has 0 aliphatic heterocycles. The third-order valence-corrected chi connectivity index (χ3v) is 7.68. The predicted molar refractivity (Wildman–Crippen MR) is 113 cm³/mol. The van der Waals surface area contributed by atoms with Gasteiger partial charge in [0, 0.05) is 24.4 Å². The summed E-state index contributed by atoms with van der Waals surface area (Å²) in [6.07, 6.45) is 0.552. The van der Waals surface area contributed by atoms with E-state index in [1.165, 1.54) is 0 Å². The Kier molecular flexibility index (Phi) is 10.9. The van der Waals surface area contributed by atoms with Gasteiger partial charge in [0.25, 0.3) is 0 Å². The monoisotopic (exact) mass is 434 g/mol. The first-order valence-electron chi connectivity index (χ1n) is 10.6. The highest BCUT2D eigenvalue weighted by Gasteiger charge is 2.43. The van der Waals surface area contributed by atoms with Crippen LogP contribution in [-0.2, 0) is 25.9 Å². The van der Waals surface area contributed by atoms with E-state index >= 15 is 0 Å². The lowest BCUT2D eigenvalue weighted by Crippen LogP contribution is -2.50. The summed E-state index contributed by atoms with van der Waals surface area (Å²) in [7, 11) is -2.74. The maximum absolute atomic E-state index is 12.6. The number of hydrogen-bond acceptors (Lipinski definition) is 3. The fraction of sp³-hybridized carbons (Fsp3) is 0.727. The molecule has 3 nitrogen and oxygen atoms in total. The number of halogens is 3. The minimum absolute atomic E-state index is 0.0406. The van der Waals surface area contributed by atoms with Crippen molar-refractivity contribution in [1.29, 1.82) is 0 Å². The Hall–Kier alpha value is -0.893. The van der Waals surface area contributed by atoms with Crippen molar-refractivity contribution in [2.75, 3.05) is 0 Å². The fourth-order valence-corrected chi connectivity index (χ4v) is 6.58. The van der Waals surface area contributed by atoms with Gasteiger partial charge >= 0.3 is 15.0 Å². The van der Waals surface area contributed by atoms with Crippen LogP contribution in [0.15, 0.2) is 24.3 Å². The van der Waals surface area contributed by atoms with Crippen molar-refractivity contribution in [2.45, 2.75) is 104 Å². The molecule has 0 saturated carbocycles. The highest BCUT2D eigenvalue weighted by Crippen LogP contribution is 2.29. The maximum Gasteiger partial charge on any atom is 0.501 e. The first kappa shape index (κ1) is 26.1. The summed E-state index contributed by atoms with van der Waals surface area (Å²) < 4.78 is 56.4. The normalized spacial score (nSPS) is 13.1. The van der Waals surface area contributed by atoms with Crippen LogP contribution in [0.3, 0.4) is 0 Å². The van der Waals surface area contributed by atoms with Crippen molar-refractivity contribution >= 4 is 8.80 Å².